The molecule has 0 N–H and O–H groups in total. The molecule has 0 aliphatic rings. The zero-order valence-corrected chi connectivity index (χ0v) is 8.11. The molecule has 0 radical (unpaired) electrons. The summed E-state index contributed by atoms with van der Waals surface area (Å²) in [6.07, 6.45) is 1.94. The lowest BCUT2D eigenvalue weighted by Crippen LogP contribution is -2.20. The molecular formula is C8H12FN3O2. The average molecular weight is 201 g/mol. The van der Waals surface area contributed by atoms with E-state index in [1.165, 1.54) is 18.0 Å². The fourth-order valence-corrected chi connectivity index (χ4v) is 1.12. The van der Waals surface area contributed by atoms with Gasteiger partial charge in [0.25, 0.3) is 0 Å². The monoisotopic (exact) mass is 201 g/mol. The minimum absolute atomic E-state index is 0.215. The molecular weight excluding hydrogens is 189 g/mol. The van der Waals surface area contributed by atoms with E-state index in [1.807, 2.05) is 6.92 Å². The smallest absolute Gasteiger partial charge is 0.330 e. The zero-order valence-electron chi connectivity index (χ0n) is 8.11. The minimum Gasteiger partial charge on any atom is -0.467 e. The van der Waals surface area contributed by atoms with Gasteiger partial charge < -0.3 is 4.74 Å². The van der Waals surface area contributed by atoms with Crippen molar-refractivity contribution >= 4 is 5.97 Å². The van der Waals surface area contributed by atoms with Gasteiger partial charge in [0.2, 0.25) is 0 Å². The number of rotatable bonds is 4. The first-order chi connectivity index (χ1) is 6.72. The van der Waals surface area contributed by atoms with Crippen molar-refractivity contribution in [2.75, 3.05) is 7.11 Å². The Hall–Kier alpha value is -1.46. The van der Waals surface area contributed by atoms with Gasteiger partial charge in [0.1, 0.15) is 12.4 Å². The fraction of sp³-hybridized carbons (Fsp3) is 0.625. The fourth-order valence-electron chi connectivity index (χ4n) is 1.12. The Bertz CT molecular complexity index is 313. The van der Waals surface area contributed by atoms with Crippen LogP contribution in [0.2, 0.25) is 0 Å². The number of halogens is 1. The van der Waals surface area contributed by atoms with Crippen LogP contribution in [0.5, 0.6) is 0 Å². The Balaban J connectivity index is 2.83. The number of carbonyl (C=O) groups excluding carboxylic acids is 1. The van der Waals surface area contributed by atoms with Crippen LogP contribution in [0.25, 0.3) is 0 Å². The Labute approximate surface area is 80.9 Å². The topological polar surface area (TPSA) is 57.0 Å². The summed E-state index contributed by atoms with van der Waals surface area (Å²) in [4.78, 5) is 11.2. The zero-order chi connectivity index (χ0) is 10.6. The first-order valence-corrected chi connectivity index (χ1v) is 4.27. The summed E-state index contributed by atoms with van der Waals surface area (Å²) < 4.78 is 18.1. The number of aromatic nitrogens is 3. The second kappa shape index (κ2) is 4.69. The van der Waals surface area contributed by atoms with Gasteiger partial charge in [0, 0.05) is 0 Å². The van der Waals surface area contributed by atoms with Crippen molar-refractivity contribution in [2.45, 2.75) is 26.1 Å². The summed E-state index contributed by atoms with van der Waals surface area (Å²) in [6, 6.07) is -0.521. The number of methoxy groups -OCH3 is 1. The molecule has 1 aromatic rings. The Morgan fingerprint density at radius 2 is 2.50 bits per heavy atom. The molecule has 1 heterocycles. The summed E-state index contributed by atoms with van der Waals surface area (Å²) in [6.45, 7) is 1.13. The van der Waals surface area contributed by atoms with Gasteiger partial charge in [-0.1, -0.05) is 12.1 Å². The van der Waals surface area contributed by atoms with E-state index in [0.717, 1.165) is 0 Å². The Kier molecular flexibility index (Phi) is 3.55. The van der Waals surface area contributed by atoms with Crippen molar-refractivity contribution in [3.63, 3.8) is 0 Å². The van der Waals surface area contributed by atoms with Crippen LogP contribution in [0.4, 0.5) is 4.39 Å². The molecule has 0 amide bonds. The van der Waals surface area contributed by atoms with Crippen LogP contribution in [-0.4, -0.2) is 28.1 Å². The van der Waals surface area contributed by atoms with E-state index < -0.39 is 18.7 Å². The molecule has 0 spiro atoms. The number of nitrogens with zero attached hydrogens (tertiary/aromatic N) is 3. The van der Waals surface area contributed by atoms with E-state index in [2.05, 4.69) is 15.0 Å². The highest BCUT2D eigenvalue weighted by molar-refractivity contribution is 5.73. The molecule has 0 aliphatic carbocycles. The minimum atomic E-state index is -0.683. The molecule has 0 saturated heterocycles. The molecule has 0 bridgehead atoms. The lowest BCUT2D eigenvalue weighted by molar-refractivity contribution is -0.145. The molecule has 1 unspecified atom stereocenters. The first kappa shape index (κ1) is 10.6. The SMILES string of the molecule is CCC(C(=O)OC)n1cc(CF)nn1. The van der Waals surface area contributed by atoms with Gasteiger partial charge in [0.05, 0.1) is 13.3 Å². The molecule has 78 valence electrons. The number of hydrogen-bond acceptors (Lipinski definition) is 4. The number of esters is 1. The van der Waals surface area contributed by atoms with Gasteiger partial charge in [-0.3, -0.25) is 0 Å². The summed E-state index contributed by atoms with van der Waals surface area (Å²) in [5, 5.41) is 7.20. The van der Waals surface area contributed by atoms with E-state index in [9.17, 15) is 9.18 Å². The molecule has 6 heteroatoms. The normalized spacial score (nSPS) is 12.5. The maximum absolute atomic E-state index is 12.2. The van der Waals surface area contributed by atoms with Gasteiger partial charge in [-0.05, 0) is 6.42 Å². The lowest BCUT2D eigenvalue weighted by Gasteiger charge is -2.11. The Morgan fingerprint density at radius 3 is 2.93 bits per heavy atom. The summed E-state index contributed by atoms with van der Waals surface area (Å²) >= 11 is 0. The first-order valence-electron chi connectivity index (χ1n) is 4.27. The molecule has 0 aliphatic heterocycles. The van der Waals surface area contributed by atoms with Crippen molar-refractivity contribution in [1.82, 2.24) is 15.0 Å². The lowest BCUT2D eigenvalue weighted by atomic mass is 10.2. The van der Waals surface area contributed by atoms with Gasteiger partial charge in [0.15, 0.2) is 6.04 Å². The van der Waals surface area contributed by atoms with E-state index >= 15 is 0 Å². The number of hydrogen-bond donors (Lipinski definition) is 0. The van der Waals surface area contributed by atoms with Crippen LogP contribution in [0, 0.1) is 0 Å². The van der Waals surface area contributed by atoms with Gasteiger partial charge in [-0.25, -0.2) is 13.9 Å². The Morgan fingerprint density at radius 1 is 1.79 bits per heavy atom. The molecule has 1 aromatic heterocycles. The maximum atomic E-state index is 12.2. The van der Waals surface area contributed by atoms with E-state index in [-0.39, 0.29) is 5.69 Å². The summed E-state index contributed by atoms with van der Waals surface area (Å²) in [5.41, 5.74) is 0.215. The van der Waals surface area contributed by atoms with Crippen molar-refractivity contribution in [2.24, 2.45) is 0 Å². The van der Waals surface area contributed by atoms with E-state index in [1.54, 1.807) is 0 Å². The van der Waals surface area contributed by atoms with Crippen LogP contribution in [0.15, 0.2) is 6.20 Å². The van der Waals surface area contributed by atoms with Crippen molar-refractivity contribution in [1.29, 1.82) is 0 Å². The highest BCUT2D eigenvalue weighted by Gasteiger charge is 2.20. The van der Waals surface area contributed by atoms with Crippen LogP contribution >= 0.6 is 0 Å². The summed E-state index contributed by atoms with van der Waals surface area (Å²) in [7, 11) is 1.30. The molecule has 0 aromatic carbocycles. The standard InChI is InChI=1S/C8H12FN3O2/c1-3-7(8(13)14-2)12-5-6(4-9)10-11-12/h5,7H,3-4H2,1-2H3. The quantitative estimate of drug-likeness (QED) is 0.678. The number of alkyl halides is 1. The van der Waals surface area contributed by atoms with Crippen LogP contribution in [-0.2, 0) is 16.2 Å². The predicted octanol–water partition coefficient (Wildman–Crippen LogP) is 0.872. The molecule has 14 heavy (non-hydrogen) atoms. The average Bonchev–Trinajstić information content (AvgIpc) is 2.67. The molecule has 5 nitrogen and oxygen atoms in total. The maximum Gasteiger partial charge on any atom is 0.330 e. The molecule has 0 fully saturated rings. The van der Waals surface area contributed by atoms with Crippen LogP contribution < -0.4 is 0 Å². The van der Waals surface area contributed by atoms with Crippen LogP contribution in [0.3, 0.4) is 0 Å². The second-order valence-electron chi connectivity index (χ2n) is 2.77. The van der Waals surface area contributed by atoms with E-state index in [4.69, 9.17) is 0 Å². The third kappa shape index (κ3) is 2.07. The van der Waals surface area contributed by atoms with Gasteiger partial charge >= 0.3 is 5.97 Å². The number of carbonyl (C=O) groups is 1. The predicted molar refractivity (Wildman–Crippen MR) is 46.2 cm³/mol. The van der Waals surface area contributed by atoms with Crippen molar-refractivity contribution in [3.05, 3.63) is 11.9 Å². The molecule has 0 saturated carbocycles. The highest BCUT2D eigenvalue weighted by atomic mass is 19.1. The highest BCUT2D eigenvalue weighted by Crippen LogP contribution is 2.11. The third-order valence-electron chi connectivity index (χ3n) is 1.87. The second-order valence-corrected chi connectivity index (χ2v) is 2.77. The molecule has 1 rings (SSSR count). The van der Waals surface area contributed by atoms with Gasteiger partial charge in [-0.15, -0.1) is 5.10 Å². The van der Waals surface area contributed by atoms with Crippen LogP contribution in [0.1, 0.15) is 25.1 Å². The number of ether oxygens (including phenoxy) is 1. The third-order valence-corrected chi connectivity index (χ3v) is 1.87. The van der Waals surface area contributed by atoms with E-state index in [0.29, 0.717) is 6.42 Å². The molecule has 1 atom stereocenters. The largest absolute Gasteiger partial charge is 0.467 e. The summed E-state index contributed by atoms with van der Waals surface area (Å²) in [5.74, 6) is -0.400. The van der Waals surface area contributed by atoms with Crippen molar-refractivity contribution < 1.29 is 13.9 Å². The van der Waals surface area contributed by atoms with Gasteiger partial charge in [-0.2, -0.15) is 0 Å². The van der Waals surface area contributed by atoms with Crippen molar-refractivity contribution in [3.8, 4) is 0 Å².